The van der Waals surface area contributed by atoms with Crippen LogP contribution in [0, 0.1) is 0 Å². The van der Waals surface area contributed by atoms with Crippen LogP contribution in [0.25, 0.3) is 0 Å². The minimum atomic E-state index is -0.185. The Kier molecular flexibility index (Phi) is 7.36. The maximum atomic E-state index is 12.6. The number of likely N-dealkylation sites (N-methyl/N-ethyl adjacent to an activating group) is 1. The van der Waals surface area contributed by atoms with Gasteiger partial charge in [0.25, 0.3) is 0 Å². The van der Waals surface area contributed by atoms with Crippen LogP contribution in [-0.4, -0.2) is 51.8 Å². The minimum Gasteiger partial charge on any atom is -0.497 e. The Morgan fingerprint density at radius 1 is 1.07 bits per heavy atom. The Balaban J connectivity index is 1.62. The number of rotatable bonds is 7. The van der Waals surface area contributed by atoms with E-state index in [1.54, 1.807) is 7.11 Å². The average Bonchev–Trinajstić information content (AvgIpc) is 2.75. The van der Waals surface area contributed by atoms with Crippen LogP contribution >= 0.6 is 0 Å². The van der Waals surface area contributed by atoms with Gasteiger partial charge in [-0.05, 0) is 63.2 Å². The molecule has 3 rings (SSSR count). The molecule has 2 amide bonds. The number of nitrogens with zero attached hydrogens (tertiary/aromatic N) is 2. The van der Waals surface area contributed by atoms with E-state index in [2.05, 4.69) is 26.5 Å². The molecule has 0 radical (unpaired) electrons. The van der Waals surface area contributed by atoms with Gasteiger partial charge in [-0.3, -0.25) is 0 Å². The molecule has 0 bridgehead atoms. The van der Waals surface area contributed by atoms with E-state index in [0.717, 1.165) is 35.8 Å². The van der Waals surface area contributed by atoms with Gasteiger partial charge in [0, 0.05) is 19.6 Å². The molecule has 29 heavy (non-hydrogen) atoms. The van der Waals surface area contributed by atoms with Crippen LogP contribution in [0.1, 0.15) is 30.9 Å². The summed E-state index contributed by atoms with van der Waals surface area (Å²) in [5.41, 5.74) is 3.09. The molecular weight excluding hydrogens is 364 g/mol. The summed E-state index contributed by atoms with van der Waals surface area (Å²) in [6.45, 7) is 2.60. The van der Waals surface area contributed by atoms with E-state index in [4.69, 9.17) is 4.74 Å². The lowest BCUT2D eigenvalue weighted by Gasteiger charge is -2.30. The van der Waals surface area contributed by atoms with Crippen molar-refractivity contribution < 1.29 is 9.53 Å². The van der Waals surface area contributed by atoms with E-state index in [0.29, 0.717) is 6.54 Å². The third kappa shape index (κ3) is 5.64. The number of anilines is 2. The second-order valence-corrected chi connectivity index (χ2v) is 7.65. The topological polar surface area (TPSA) is 56.8 Å². The van der Waals surface area contributed by atoms with Gasteiger partial charge in [-0.25, -0.2) is 4.79 Å². The van der Waals surface area contributed by atoms with Gasteiger partial charge in [0.05, 0.1) is 24.5 Å². The quantitative estimate of drug-likeness (QED) is 0.740. The van der Waals surface area contributed by atoms with Gasteiger partial charge in [-0.1, -0.05) is 24.3 Å². The number of carbonyl (C=O) groups is 1. The van der Waals surface area contributed by atoms with Gasteiger partial charge < -0.3 is 25.2 Å². The molecule has 6 heteroatoms. The number of piperidine rings is 1. The number of methoxy groups -OCH3 is 1. The van der Waals surface area contributed by atoms with Gasteiger partial charge in [0.1, 0.15) is 5.75 Å². The number of para-hydroxylation sites is 2. The van der Waals surface area contributed by atoms with Gasteiger partial charge in [0.2, 0.25) is 0 Å². The van der Waals surface area contributed by atoms with Crippen LogP contribution in [0.15, 0.2) is 48.5 Å². The number of hydrogen-bond donors (Lipinski definition) is 2. The third-order valence-corrected chi connectivity index (χ3v) is 5.43. The van der Waals surface area contributed by atoms with Crippen molar-refractivity contribution in [2.75, 3.05) is 51.1 Å². The summed E-state index contributed by atoms with van der Waals surface area (Å²) >= 11 is 0. The summed E-state index contributed by atoms with van der Waals surface area (Å²) in [6, 6.07) is 15.9. The molecule has 1 saturated heterocycles. The van der Waals surface area contributed by atoms with E-state index in [9.17, 15) is 4.79 Å². The summed E-state index contributed by atoms with van der Waals surface area (Å²) in [5.74, 6) is 0.825. The minimum absolute atomic E-state index is 0.0731. The van der Waals surface area contributed by atoms with Crippen LogP contribution in [0.2, 0.25) is 0 Å². The zero-order valence-corrected chi connectivity index (χ0v) is 17.6. The van der Waals surface area contributed by atoms with Gasteiger partial charge >= 0.3 is 6.03 Å². The maximum absolute atomic E-state index is 12.6. The van der Waals surface area contributed by atoms with E-state index >= 15 is 0 Å². The molecule has 2 aromatic carbocycles. The molecule has 1 atom stereocenters. The molecule has 1 heterocycles. The fourth-order valence-electron chi connectivity index (χ4n) is 3.77. The molecule has 2 N–H and O–H groups in total. The SMILES string of the molecule is COc1ccc(C(CNC(=O)Nc2ccccc2N2CCCCC2)N(C)C)cc1. The number of amides is 2. The number of nitrogens with one attached hydrogen (secondary N) is 2. The van der Waals surface area contributed by atoms with Crippen LogP contribution in [-0.2, 0) is 0 Å². The average molecular weight is 397 g/mol. The molecule has 0 aromatic heterocycles. The first-order chi connectivity index (χ1) is 14.1. The largest absolute Gasteiger partial charge is 0.497 e. The molecule has 0 saturated carbocycles. The standard InChI is InChI=1S/C23H32N4O2/c1-26(2)22(18-11-13-19(29-3)14-12-18)17-24-23(28)25-20-9-5-6-10-21(20)27-15-7-4-8-16-27/h5-6,9-14,22H,4,7-8,15-17H2,1-3H3,(H2,24,25,28). The molecule has 0 spiro atoms. The smallest absolute Gasteiger partial charge is 0.319 e. The lowest BCUT2D eigenvalue weighted by Crippen LogP contribution is -2.37. The summed E-state index contributed by atoms with van der Waals surface area (Å²) < 4.78 is 5.24. The lowest BCUT2D eigenvalue weighted by atomic mass is 10.1. The van der Waals surface area contributed by atoms with Crippen LogP contribution < -0.4 is 20.3 Å². The van der Waals surface area contributed by atoms with Gasteiger partial charge in [0.15, 0.2) is 0 Å². The first kappa shape index (κ1) is 21.0. The molecule has 6 nitrogen and oxygen atoms in total. The fourth-order valence-corrected chi connectivity index (χ4v) is 3.77. The second-order valence-electron chi connectivity index (χ2n) is 7.65. The number of hydrogen-bond acceptors (Lipinski definition) is 4. The monoisotopic (exact) mass is 396 g/mol. The van der Waals surface area contributed by atoms with Crippen molar-refractivity contribution in [3.05, 3.63) is 54.1 Å². The number of carbonyl (C=O) groups excluding carboxylic acids is 1. The fraction of sp³-hybridized carbons (Fsp3) is 0.435. The molecule has 156 valence electrons. The van der Waals surface area contributed by atoms with Crippen molar-refractivity contribution in [1.82, 2.24) is 10.2 Å². The summed E-state index contributed by atoms with van der Waals surface area (Å²) in [5, 5.41) is 6.07. The first-order valence-electron chi connectivity index (χ1n) is 10.3. The van der Waals surface area contributed by atoms with Crippen molar-refractivity contribution >= 4 is 17.4 Å². The Hall–Kier alpha value is -2.73. The zero-order valence-electron chi connectivity index (χ0n) is 17.6. The predicted octanol–water partition coefficient (Wildman–Crippen LogP) is 4.11. The Labute approximate surface area is 173 Å². The highest BCUT2D eigenvalue weighted by molar-refractivity contribution is 5.93. The summed E-state index contributed by atoms with van der Waals surface area (Å²) in [4.78, 5) is 17.1. The molecule has 1 aliphatic heterocycles. The molecule has 0 aliphatic carbocycles. The van der Waals surface area contributed by atoms with Crippen LogP contribution in [0.4, 0.5) is 16.2 Å². The maximum Gasteiger partial charge on any atom is 0.319 e. The predicted molar refractivity (Wildman–Crippen MR) is 119 cm³/mol. The molecule has 2 aromatic rings. The Morgan fingerprint density at radius 3 is 2.41 bits per heavy atom. The Bertz CT molecular complexity index is 786. The number of urea groups is 1. The van der Waals surface area contributed by atoms with Crippen molar-refractivity contribution in [1.29, 1.82) is 0 Å². The number of benzene rings is 2. The summed E-state index contributed by atoms with van der Waals surface area (Å²) in [7, 11) is 5.69. The lowest BCUT2D eigenvalue weighted by molar-refractivity contribution is 0.243. The van der Waals surface area contributed by atoms with Crippen molar-refractivity contribution in [3.8, 4) is 5.75 Å². The van der Waals surface area contributed by atoms with Crippen LogP contribution in [0.5, 0.6) is 5.75 Å². The highest BCUT2D eigenvalue weighted by Gasteiger charge is 2.18. The summed E-state index contributed by atoms with van der Waals surface area (Å²) in [6.07, 6.45) is 3.68. The van der Waals surface area contributed by atoms with Gasteiger partial charge in [-0.15, -0.1) is 0 Å². The molecule has 1 fully saturated rings. The normalized spacial score (nSPS) is 15.1. The highest BCUT2D eigenvalue weighted by Crippen LogP contribution is 2.28. The van der Waals surface area contributed by atoms with Crippen molar-refractivity contribution in [2.45, 2.75) is 25.3 Å². The van der Waals surface area contributed by atoms with E-state index in [1.807, 2.05) is 56.6 Å². The highest BCUT2D eigenvalue weighted by atomic mass is 16.5. The Morgan fingerprint density at radius 2 is 1.76 bits per heavy atom. The van der Waals surface area contributed by atoms with Gasteiger partial charge in [-0.2, -0.15) is 0 Å². The molecule has 1 unspecified atom stereocenters. The zero-order chi connectivity index (χ0) is 20.6. The van der Waals surface area contributed by atoms with Crippen LogP contribution in [0.3, 0.4) is 0 Å². The van der Waals surface area contributed by atoms with E-state index in [-0.39, 0.29) is 12.1 Å². The van der Waals surface area contributed by atoms with Crippen molar-refractivity contribution in [2.24, 2.45) is 0 Å². The van der Waals surface area contributed by atoms with E-state index < -0.39 is 0 Å². The third-order valence-electron chi connectivity index (χ3n) is 5.43. The first-order valence-corrected chi connectivity index (χ1v) is 10.3. The number of ether oxygens (including phenoxy) is 1. The van der Waals surface area contributed by atoms with E-state index in [1.165, 1.54) is 19.3 Å². The molecule has 1 aliphatic rings. The second kappa shape index (κ2) is 10.2. The molecular formula is C23H32N4O2. The van der Waals surface area contributed by atoms with Crippen molar-refractivity contribution in [3.63, 3.8) is 0 Å².